The Balaban J connectivity index is 1.88. The highest BCUT2D eigenvalue weighted by Crippen LogP contribution is 2.26. The van der Waals surface area contributed by atoms with Crippen LogP contribution in [0.3, 0.4) is 0 Å². The van der Waals surface area contributed by atoms with Crippen LogP contribution in [0.15, 0.2) is 42.0 Å². The van der Waals surface area contributed by atoms with Gasteiger partial charge in [-0.05, 0) is 22.6 Å². The molecule has 0 aliphatic carbocycles. The highest BCUT2D eigenvalue weighted by atomic mass is 32.1. The van der Waals surface area contributed by atoms with E-state index in [-0.39, 0.29) is 0 Å². The van der Waals surface area contributed by atoms with Crippen LogP contribution in [0.5, 0.6) is 0 Å². The molecule has 0 aliphatic rings. The predicted octanol–water partition coefficient (Wildman–Crippen LogP) is 2.79. The summed E-state index contributed by atoms with van der Waals surface area (Å²) in [5.41, 5.74) is 8.07. The van der Waals surface area contributed by atoms with Crippen molar-refractivity contribution in [3.05, 3.63) is 53.2 Å². The average molecular weight is 284 g/mol. The van der Waals surface area contributed by atoms with Crippen LogP contribution in [0.1, 0.15) is 11.1 Å². The zero-order chi connectivity index (χ0) is 13.9. The first kappa shape index (κ1) is 13.0. The number of hydrogen-bond acceptors (Lipinski definition) is 5. The number of thiophene rings is 1. The van der Waals surface area contributed by atoms with Gasteiger partial charge in [0.25, 0.3) is 0 Å². The van der Waals surface area contributed by atoms with Crippen molar-refractivity contribution >= 4 is 27.4 Å². The Morgan fingerprint density at radius 3 is 2.90 bits per heavy atom. The van der Waals surface area contributed by atoms with E-state index in [1.165, 1.54) is 5.56 Å². The Kier molecular flexibility index (Phi) is 3.62. The molecule has 2 aromatic heterocycles. The van der Waals surface area contributed by atoms with Crippen LogP contribution in [0.25, 0.3) is 10.2 Å². The SMILES string of the molecule is CN(Cc1cccc(CN)c1)c1ncnc2sccc12. The molecular formula is C15H16N4S. The lowest BCUT2D eigenvalue weighted by Gasteiger charge is -2.19. The fourth-order valence-corrected chi connectivity index (χ4v) is 3.01. The molecular weight excluding hydrogens is 268 g/mol. The molecule has 5 heteroatoms. The first-order valence-electron chi connectivity index (χ1n) is 6.45. The van der Waals surface area contributed by atoms with Gasteiger partial charge in [-0.15, -0.1) is 11.3 Å². The molecule has 0 saturated heterocycles. The minimum Gasteiger partial charge on any atom is -0.355 e. The maximum absolute atomic E-state index is 5.69. The summed E-state index contributed by atoms with van der Waals surface area (Å²) in [4.78, 5) is 11.9. The van der Waals surface area contributed by atoms with Gasteiger partial charge in [0.15, 0.2) is 0 Å². The van der Waals surface area contributed by atoms with Gasteiger partial charge in [0.2, 0.25) is 0 Å². The van der Waals surface area contributed by atoms with Crippen molar-refractivity contribution in [2.45, 2.75) is 13.1 Å². The molecule has 3 rings (SSSR count). The van der Waals surface area contributed by atoms with E-state index in [1.54, 1.807) is 17.7 Å². The lowest BCUT2D eigenvalue weighted by atomic mass is 10.1. The lowest BCUT2D eigenvalue weighted by Crippen LogP contribution is -2.18. The van der Waals surface area contributed by atoms with Crippen molar-refractivity contribution in [1.29, 1.82) is 0 Å². The zero-order valence-corrected chi connectivity index (χ0v) is 12.1. The molecule has 20 heavy (non-hydrogen) atoms. The summed E-state index contributed by atoms with van der Waals surface area (Å²) in [6, 6.07) is 10.4. The van der Waals surface area contributed by atoms with Crippen LogP contribution in [-0.2, 0) is 13.1 Å². The van der Waals surface area contributed by atoms with E-state index in [0.717, 1.165) is 28.1 Å². The summed E-state index contributed by atoms with van der Waals surface area (Å²) in [5.74, 6) is 0.967. The zero-order valence-electron chi connectivity index (χ0n) is 11.3. The number of nitrogens with two attached hydrogens (primary N) is 1. The van der Waals surface area contributed by atoms with E-state index in [1.807, 2.05) is 17.5 Å². The van der Waals surface area contributed by atoms with Crippen molar-refractivity contribution in [3.63, 3.8) is 0 Å². The topological polar surface area (TPSA) is 55.0 Å². The molecule has 2 heterocycles. The molecule has 0 bridgehead atoms. The fourth-order valence-electron chi connectivity index (χ4n) is 2.28. The van der Waals surface area contributed by atoms with Gasteiger partial charge < -0.3 is 10.6 Å². The molecule has 0 fully saturated rings. The second-order valence-corrected chi connectivity index (χ2v) is 5.61. The number of nitrogens with zero attached hydrogens (tertiary/aromatic N) is 3. The number of anilines is 1. The third-order valence-corrected chi connectivity index (χ3v) is 4.07. The Morgan fingerprint density at radius 2 is 2.05 bits per heavy atom. The average Bonchev–Trinajstić information content (AvgIpc) is 2.95. The minimum atomic E-state index is 0.569. The maximum atomic E-state index is 5.69. The van der Waals surface area contributed by atoms with Crippen molar-refractivity contribution in [3.8, 4) is 0 Å². The molecule has 0 radical (unpaired) electrons. The van der Waals surface area contributed by atoms with E-state index in [4.69, 9.17) is 5.73 Å². The quantitative estimate of drug-likeness (QED) is 0.800. The van der Waals surface area contributed by atoms with Gasteiger partial charge in [0.05, 0.1) is 5.39 Å². The second-order valence-electron chi connectivity index (χ2n) is 4.72. The summed E-state index contributed by atoms with van der Waals surface area (Å²) in [6.45, 7) is 1.37. The molecule has 4 nitrogen and oxygen atoms in total. The largest absolute Gasteiger partial charge is 0.355 e. The first-order valence-corrected chi connectivity index (χ1v) is 7.33. The van der Waals surface area contributed by atoms with Crippen LogP contribution >= 0.6 is 11.3 Å². The third-order valence-electron chi connectivity index (χ3n) is 3.25. The van der Waals surface area contributed by atoms with E-state index < -0.39 is 0 Å². The molecule has 2 N–H and O–H groups in total. The number of aromatic nitrogens is 2. The third kappa shape index (κ3) is 2.50. The van der Waals surface area contributed by atoms with E-state index in [0.29, 0.717) is 6.54 Å². The van der Waals surface area contributed by atoms with Crippen LogP contribution in [0.4, 0.5) is 5.82 Å². The molecule has 0 unspecified atom stereocenters. The number of hydrogen-bond donors (Lipinski definition) is 1. The summed E-state index contributed by atoms with van der Waals surface area (Å²) >= 11 is 1.64. The molecule has 1 aromatic carbocycles. The van der Waals surface area contributed by atoms with Gasteiger partial charge in [-0.2, -0.15) is 0 Å². The number of benzene rings is 1. The van der Waals surface area contributed by atoms with Gasteiger partial charge in [-0.3, -0.25) is 0 Å². The molecule has 0 amide bonds. The predicted molar refractivity (Wildman–Crippen MR) is 83.9 cm³/mol. The highest BCUT2D eigenvalue weighted by Gasteiger charge is 2.10. The standard InChI is InChI=1S/C15H16N4S/c1-19(9-12-4-2-3-11(7-12)8-16)14-13-5-6-20-15(13)18-10-17-14/h2-7,10H,8-9,16H2,1H3. The Morgan fingerprint density at radius 1 is 1.20 bits per heavy atom. The fraction of sp³-hybridized carbons (Fsp3) is 0.200. The summed E-state index contributed by atoms with van der Waals surface area (Å²) in [6.07, 6.45) is 1.63. The first-order chi connectivity index (χ1) is 9.78. The molecule has 0 aliphatic heterocycles. The van der Waals surface area contributed by atoms with Gasteiger partial charge in [-0.25, -0.2) is 9.97 Å². The number of rotatable bonds is 4. The van der Waals surface area contributed by atoms with Gasteiger partial charge in [-0.1, -0.05) is 24.3 Å². The minimum absolute atomic E-state index is 0.569. The van der Waals surface area contributed by atoms with Gasteiger partial charge >= 0.3 is 0 Å². The van der Waals surface area contributed by atoms with E-state index in [9.17, 15) is 0 Å². The number of fused-ring (bicyclic) bond motifs is 1. The Hall–Kier alpha value is -1.98. The highest BCUT2D eigenvalue weighted by molar-refractivity contribution is 7.16. The molecule has 0 spiro atoms. The van der Waals surface area contributed by atoms with Crippen molar-refractivity contribution in [2.24, 2.45) is 5.73 Å². The van der Waals surface area contributed by atoms with Gasteiger partial charge in [0, 0.05) is 20.1 Å². The molecule has 0 atom stereocenters. The van der Waals surface area contributed by atoms with Crippen molar-refractivity contribution in [1.82, 2.24) is 9.97 Å². The Labute approximate surface area is 121 Å². The van der Waals surface area contributed by atoms with E-state index >= 15 is 0 Å². The second kappa shape index (κ2) is 5.56. The summed E-state index contributed by atoms with van der Waals surface area (Å²) < 4.78 is 0. The van der Waals surface area contributed by atoms with E-state index in [2.05, 4.69) is 40.1 Å². The molecule has 0 saturated carbocycles. The Bertz CT molecular complexity index is 722. The summed E-state index contributed by atoms with van der Waals surface area (Å²) in [5, 5.41) is 3.15. The van der Waals surface area contributed by atoms with Crippen LogP contribution in [-0.4, -0.2) is 17.0 Å². The maximum Gasteiger partial charge on any atom is 0.140 e. The summed E-state index contributed by atoms with van der Waals surface area (Å²) in [7, 11) is 2.05. The monoisotopic (exact) mass is 284 g/mol. The lowest BCUT2D eigenvalue weighted by molar-refractivity contribution is 0.896. The molecule has 3 aromatic rings. The molecule has 102 valence electrons. The smallest absolute Gasteiger partial charge is 0.140 e. The van der Waals surface area contributed by atoms with Gasteiger partial charge in [0.1, 0.15) is 17.0 Å². The van der Waals surface area contributed by atoms with Crippen molar-refractivity contribution < 1.29 is 0 Å². The van der Waals surface area contributed by atoms with Crippen LogP contribution in [0.2, 0.25) is 0 Å². The normalized spacial score (nSPS) is 10.9. The van der Waals surface area contributed by atoms with Crippen LogP contribution in [0, 0.1) is 0 Å². The van der Waals surface area contributed by atoms with Crippen molar-refractivity contribution in [2.75, 3.05) is 11.9 Å². The van der Waals surface area contributed by atoms with Crippen LogP contribution < -0.4 is 10.6 Å².